The molecule has 0 amide bonds. The molecule has 23 heavy (non-hydrogen) atoms. The number of nitrogens with zero attached hydrogens (tertiary/aromatic N) is 3. The van der Waals surface area contributed by atoms with Gasteiger partial charge in [0, 0.05) is 6.20 Å². The van der Waals surface area contributed by atoms with Crippen LogP contribution in [0, 0.1) is 5.82 Å². The maximum Gasteiger partial charge on any atom is 0.250 e. The highest BCUT2D eigenvalue weighted by Gasteiger charge is 2.14. The van der Waals surface area contributed by atoms with Crippen LogP contribution in [0.2, 0.25) is 0 Å². The van der Waals surface area contributed by atoms with Crippen LogP contribution < -0.4 is 4.74 Å². The van der Waals surface area contributed by atoms with Gasteiger partial charge in [-0.15, -0.1) is 10.2 Å². The maximum atomic E-state index is 13.1. The topological polar surface area (TPSA) is 61.0 Å². The van der Waals surface area contributed by atoms with Crippen molar-refractivity contribution in [3.63, 3.8) is 0 Å². The van der Waals surface area contributed by atoms with Gasteiger partial charge in [-0.2, -0.15) is 0 Å². The number of hydrogen-bond acceptors (Lipinski definition) is 5. The molecule has 7 heteroatoms. The van der Waals surface area contributed by atoms with Gasteiger partial charge in [0.25, 0.3) is 5.89 Å². The van der Waals surface area contributed by atoms with E-state index in [1.54, 1.807) is 30.5 Å². The number of hydrogen-bond donors (Lipinski definition) is 0. The largest absolute Gasteiger partial charge is 0.487 e. The molecule has 1 unspecified atom stereocenters. The minimum absolute atomic E-state index is 0.0660. The van der Waals surface area contributed by atoms with Crippen LogP contribution >= 0.6 is 0 Å². The summed E-state index contributed by atoms with van der Waals surface area (Å²) >= 11 is 0. The van der Waals surface area contributed by atoms with E-state index in [1.807, 2.05) is 0 Å². The predicted octanol–water partition coefficient (Wildman–Crippen LogP) is 3.88. The number of halogens is 2. The Labute approximate surface area is 131 Å². The molecule has 2 heterocycles. The Morgan fingerprint density at radius 2 is 1.91 bits per heavy atom. The van der Waals surface area contributed by atoms with Crippen molar-refractivity contribution in [3.8, 4) is 17.2 Å². The van der Waals surface area contributed by atoms with Crippen molar-refractivity contribution >= 4 is 0 Å². The summed E-state index contributed by atoms with van der Waals surface area (Å²) in [5, 5.41) is 7.40. The Kier molecular flexibility index (Phi) is 4.27. The minimum Gasteiger partial charge on any atom is -0.487 e. The molecule has 2 aromatic heterocycles. The highest BCUT2D eigenvalue weighted by molar-refractivity contribution is 5.50. The van der Waals surface area contributed by atoms with Gasteiger partial charge >= 0.3 is 0 Å². The van der Waals surface area contributed by atoms with Crippen LogP contribution in [0.15, 0.2) is 47.0 Å². The average molecular weight is 317 g/mol. The molecule has 118 valence electrons. The third kappa shape index (κ3) is 3.68. The fraction of sp³-hybridized carbons (Fsp3) is 0.188. The second kappa shape index (κ2) is 6.51. The SMILES string of the molecule is CC(F)c1nnc(-c2ccc(COc3ccc(F)cc3)nc2)o1. The molecule has 0 N–H and O–H groups in total. The molecule has 0 spiro atoms. The average Bonchev–Trinajstić information content (AvgIpc) is 3.05. The number of aromatic nitrogens is 3. The first-order chi connectivity index (χ1) is 11.1. The first-order valence-electron chi connectivity index (χ1n) is 6.93. The first-order valence-corrected chi connectivity index (χ1v) is 6.93. The van der Waals surface area contributed by atoms with E-state index in [2.05, 4.69) is 15.2 Å². The lowest BCUT2D eigenvalue weighted by Gasteiger charge is -2.05. The molecular weight excluding hydrogens is 304 g/mol. The van der Waals surface area contributed by atoms with Gasteiger partial charge in [0.2, 0.25) is 5.89 Å². The Balaban J connectivity index is 1.65. The van der Waals surface area contributed by atoms with Crippen LogP contribution in [-0.4, -0.2) is 15.2 Å². The van der Waals surface area contributed by atoms with Crippen LogP contribution in [0.3, 0.4) is 0 Å². The summed E-state index contributed by atoms with van der Waals surface area (Å²) in [7, 11) is 0. The van der Waals surface area contributed by atoms with Crippen LogP contribution in [0.5, 0.6) is 5.75 Å². The first kappa shape index (κ1) is 15.1. The van der Waals surface area contributed by atoms with Gasteiger partial charge in [-0.3, -0.25) is 4.98 Å². The molecule has 0 aliphatic heterocycles. The van der Waals surface area contributed by atoms with E-state index in [0.29, 0.717) is 17.0 Å². The van der Waals surface area contributed by atoms with E-state index in [0.717, 1.165) is 0 Å². The predicted molar refractivity (Wildman–Crippen MR) is 77.8 cm³/mol. The molecule has 0 radical (unpaired) electrons. The van der Waals surface area contributed by atoms with E-state index in [-0.39, 0.29) is 24.2 Å². The monoisotopic (exact) mass is 317 g/mol. The summed E-state index contributed by atoms with van der Waals surface area (Å²) < 4.78 is 36.6. The molecule has 0 saturated heterocycles. The quantitative estimate of drug-likeness (QED) is 0.714. The van der Waals surface area contributed by atoms with Crippen molar-refractivity contribution in [1.82, 2.24) is 15.2 Å². The number of rotatable bonds is 5. The summed E-state index contributed by atoms with van der Waals surface area (Å²) in [6.45, 7) is 1.56. The van der Waals surface area contributed by atoms with Crippen molar-refractivity contribution in [1.29, 1.82) is 0 Å². The standard InChI is InChI=1S/C16H13F2N3O2/c1-10(17)15-20-21-16(23-15)11-2-5-13(19-8-11)9-22-14-6-3-12(18)4-7-14/h2-8,10H,9H2,1H3. The second-order valence-electron chi connectivity index (χ2n) is 4.84. The van der Waals surface area contributed by atoms with Crippen molar-refractivity contribution in [3.05, 3.63) is 60.0 Å². The van der Waals surface area contributed by atoms with Crippen molar-refractivity contribution in [2.24, 2.45) is 0 Å². The van der Waals surface area contributed by atoms with E-state index in [9.17, 15) is 8.78 Å². The normalized spacial score (nSPS) is 12.1. The van der Waals surface area contributed by atoms with E-state index in [4.69, 9.17) is 9.15 Å². The summed E-state index contributed by atoms with van der Waals surface area (Å²) in [6.07, 6.45) is 0.233. The van der Waals surface area contributed by atoms with Crippen LogP contribution in [-0.2, 0) is 6.61 Å². The van der Waals surface area contributed by atoms with Gasteiger partial charge in [-0.05, 0) is 43.3 Å². The highest BCUT2D eigenvalue weighted by Crippen LogP contribution is 2.22. The zero-order valence-electron chi connectivity index (χ0n) is 12.2. The van der Waals surface area contributed by atoms with Gasteiger partial charge in [-0.25, -0.2) is 8.78 Å². The number of ether oxygens (including phenoxy) is 1. The lowest BCUT2D eigenvalue weighted by atomic mass is 10.2. The Morgan fingerprint density at radius 3 is 2.52 bits per heavy atom. The zero-order chi connectivity index (χ0) is 16.2. The molecule has 0 fully saturated rings. The van der Waals surface area contributed by atoms with Gasteiger partial charge < -0.3 is 9.15 Å². The van der Waals surface area contributed by atoms with Crippen LogP contribution in [0.1, 0.15) is 24.7 Å². The van der Waals surface area contributed by atoms with E-state index in [1.165, 1.54) is 19.1 Å². The minimum atomic E-state index is -1.31. The zero-order valence-corrected chi connectivity index (χ0v) is 12.2. The van der Waals surface area contributed by atoms with Crippen LogP contribution in [0.25, 0.3) is 11.5 Å². The van der Waals surface area contributed by atoms with Gasteiger partial charge in [-0.1, -0.05) is 0 Å². The number of alkyl halides is 1. The second-order valence-corrected chi connectivity index (χ2v) is 4.84. The molecule has 1 atom stereocenters. The smallest absolute Gasteiger partial charge is 0.250 e. The van der Waals surface area contributed by atoms with Crippen molar-refractivity contribution in [2.45, 2.75) is 19.7 Å². The lowest BCUT2D eigenvalue weighted by Crippen LogP contribution is -1.98. The molecule has 0 aliphatic carbocycles. The molecule has 1 aromatic carbocycles. The Morgan fingerprint density at radius 1 is 1.13 bits per heavy atom. The van der Waals surface area contributed by atoms with E-state index < -0.39 is 6.17 Å². The van der Waals surface area contributed by atoms with Crippen molar-refractivity contribution in [2.75, 3.05) is 0 Å². The Bertz CT molecular complexity index is 771. The van der Waals surface area contributed by atoms with Gasteiger partial charge in [0.1, 0.15) is 18.2 Å². The fourth-order valence-electron chi connectivity index (χ4n) is 1.84. The highest BCUT2D eigenvalue weighted by atomic mass is 19.1. The van der Waals surface area contributed by atoms with Crippen LogP contribution in [0.4, 0.5) is 8.78 Å². The fourth-order valence-corrected chi connectivity index (χ4v) is 1.84. The third-order valence-corrected chi connectivity index (χ3v) is 3.05. The maximum absolute atomic E-state index is 13.1. The summed E-state index contributed by atoms with van der Waals surface area (Å²) in [6, 6.07) is 9.21. The number of pyridine rings is 1. The van der Waals surface area contributed by atoms with E-state index >= 15 is 0 Å². The molecule has 0 saturated carbocycles. The third-order valence-electron chi connectivity index (χ3n) is 3.05. The van der Waals surface area contributed by atoms with Gasteiger partial charge in [0.15, 0.2) is 6.17 Å². The molecule has 0 bridgehead atoms. The summed E-state index contributed by atoms with van der Waals surface area (Å²) in [5.41, 5.74) is 1.27. The molecule has 3 rings (SSSR count). The summed E-state index contributed by atoms with van der Waals surface area (Å²) in [4.78, 5) is 4.22. The number of benzene rings is 1. The molecule has 3 aromatic rings. The molecule has 0 aliphatic rings. The van der Waals surface area contributed by atoms with Gasteiger partial charge in [0.05, 0.1) is 11.3 Å². The lowest BCUT2D eigenvalue weighted by molar-refractivity contribution is 0.300. The molecular formula is C16H13F2N3O2. The van der Waals surface area contributed by atoms with Crippen molar-refractivity contribution < 1.29 is 17.9 Å². The Hall–Kier alpha value is -2.83. The summed E-state index contributed by atoms with van der Waals surface area (Å²) in [5.74, 6) is 0.379. The molecule has 5 nitrogen and oxygen atoms in total.